The minimum atomic E-state index is -0.147. The molecule has 1 aliphatic heterocycles. The standard InChI is InChI=1S/C21H22BrNO5/c1-5-26-17-7-6-13(9-16(17)23(2)3)21(24)15(22)8-14-10-19-20(28-12-27-19)11-18(14)25-4/h6-11H,5,12H2,1-4H3/b15-8+. The number of anilines is 1. The van der Waals surface area contributed by atoms with E-state index in [4.69, 9.17) is 18.9 Å². The number of hydrogen-bond acceptors (Lipinski definition) is 6. The summed E-state index contributed by atoms with van der Waals surface area (Å²) < 4.78 is 22.2. The van der Waals surface area contributed by atoms with E-state index in [0.717, 1.165) is 11.4 Å². The molecule has 1 aliphatic rings. The molecular weight excluding hydrogens is 426 g/mol. The van der Waals surface area contributed by atoms with Gasteiger partial charge >= 0.3 is 0 Å². The summed E-state index contributed by atoms with van der Waals surface area (Å²) in [5.41, 5.74) is 2.11. The molecule has 28 heavy (non-hydrogen) atoms. The van der Waals surface area contributed by atoms with Crippen molar-refractivity contribution < 1.29 is 23.7 Å². The van der Waals surface area contributed by atoms with Crippen molar-refractivity contribution in [1.82, 2.24) is 0 Å². The zero-order chi connectivity index (χ0) is 20.3. The largest absolute Gasteiger partial charge is 0.496 e. The number of benzene rings is 2. The molecule has 0 spiro atoms. The maximum absolute atomic E-state index is 13.0. The highest BCUT2D eigenvalue weighted by Crippen LogP contribution is 2.39. The van der Waals surface area contributed by atoms with E-state index in [1.165, 1.54) is 0 Å². The molecule has 0 unspecified atom stereocenters. The third-order valence-corrected chi connectivity index (χ3v) is 4.82. The lowest BCUT2D eigenvalue weighted by Gasteiger charge is -2.18. The maximum atomic E-state index is 13.0. The van der Waals surface area contributed by atoms with E-state index in [1.807, 2.05) is 38.1 Å². The van der Waals surface area contributed by atoms with Gasteiger partial charge in [-0.05, 0) is 53.2 Å². The number of ether oxygens (including phenoxy) is 4. The van der Waals surface area contributed by atoms with Gasteiger partial charge in [-0.2, -0.15) is 0 Å². The van der Waals surface area contributed by atoms with Gasteiger partial charge in [-0.15, -0.1) is 0 Å². The summed E-state index contributed by atoms with van der Waals surface area (Å²) in [5.74, 6) is 2.43. The SMILES string of the molecule is CCOc1ccc(C(=O)/C(Br)=C\c2cc3c(cc2OC)OCO3)cc1N(C)C. The lowest BCUT2D eigenvalue weighted by Crippen LogP contribution is -2.12. The smallest absolute Gasteiger partial charge is 0.231 e. The van der Waals surface area contributed by atoms with Gasteiger partial charge in [-0.1, -0.05) is 0 Å². The van der Waals surface area contributed by atoms with Crippen LogP contribution in [0.15, 0.2) is 34.8 Å². The Kier molecular flexibility index (Phi) is 6.14. The number of nitrogens with zero attached hydrogens (tertiary/aromatic N) is 1. The van der Waals surface area contributed by atoms with Crippen molar-refractivity contribution in [3.05, 3.63) is 45.9 Å². The first-order valence-corrected chi connectivity index (χ1v) is 9.57. The van der Waals surface area contributed by atoms with Gasteiger partial charge in [0.1, 0.15) is 11.5 Å². The van der Waals surface area contributed by atoms with Gasteiger partial charge in [0.15, 0.2) is 17.3 Å². The highest BCUT2D eigenvalue weighted by molar-refractivity contribution is 9.12. The van der Waals surface area contributed by atoms with Crippen LogP contribution in [0.25, 0.3) is 6.08 Å². The van der Waals surface area contributed by atoms with Crippen LogP contribution >= 0.6 is 15.9 Å². The number of ketones is 1. The zero-order valence-corrected chi connectivity index (χ0v) is 17.8. The molecular formula is C21H22BrNO5. The van der Waals surface area contributed by atoms with Gasteiger partial charge < -0.3 is 23.8 Å². The van der Waals surface area contributed by atoms with Gasteiger partial charge in [0, 0.05) is 31.3 Å². The predicted molar refractivity (Wildman–Crippen MR) is 112 cm³/mol. The Balaban J connectivity index is 1.94. The van der Waals surface area contributed by atoms with E-state index in [-0.39, 0.29) is 12.6 Å². The normalized spacial score (nSPS) is 12.7. The maximum Gasteiger partial charge on any atom is 0.231 e. The summed E-state index contributed by atoms with van der Waals surface area (Å²) in [4.78, 5) is 14.9. The molecule has 0 bridgehead atoms. The van der Waals surface area contributed by atoms with Crippen molar-refractivity contribution in [2.75, 3.05) is 39.5 Å². The predicted octanol–water partition coefficient (Wildman–Crippen LogP) is 4.51. The van der Waals surface area contributed by atoms with Crippen LogP contribution in [-0.4, -0.2) is 40.4 Å². The molecule has 2 aromatic rings. The van der Waals surface area contributed by atoms with Crippen LogP contribution in [0.1, 0.15) is 22.8 Å². The van der Waals surface area contributed by atoms with Crippen LogP contribution < -0.4 is 23.8 Å². The molecule has 0 radical (unpaired) electrons. The summed E-state index contributed by atoms with van der Waals surface area (Å²) in [6, 6.07) is 8.93. The molecule has 0 N–H and O–H groups in total. The van der Waals surface area contributed by atoms with Crippen LogP contribution in [-0.2, 0) is 0 Å². The molecule has 0 fully saturated rings. The molecule has 0 saturated carbocycles. The molecule has 0 saturated heterocycles. The Morgan fingerprint density at radius 3 is 2.54 bits per heavy atom. The fraction of sp³-hybridized carbons (Fsp3) is 0.286. The Bertz CT molecular complexity index is 923. The van der Waals surface area contributed by atoms with E-state index >= 15 is 0 Å². The number of allylic oxidation sites excluding steroid dienone is 1. The summed E-state index contributed by atoms with van der Waals surface area (Å²) in [5, 5.41) is 0. The van der Waals surface area contributed by atoms with Gasteiger partial charge in [-0.3, -0.25) is 4.79 Å². The molecule has 148 valence electrons. The monoisotopic (exact) mass is 447 g/mol. The fourth-order valence-corrected chi connectivity index (χ4v) is 3.33. The molecule has 3 rings (SSSR count). The third-order valence-electron chi connectivity index (χ3n) is 4.23. The molecule has 0 aromatic heterocycles. The average Bonchev–Trinajstić information content (AvgIpc) is 3.14. The van der Waals surface area contributed by atoms with Gasteiger partial charge in [-0.25, -0.2) is 0 Å². The Morgan fingerprint density at radius 1 is 1.18 bits per heavy atom. The second-order valence-corrected chi connectivity index (χ2v) is 7.13. The first-order chi connectivity index (χ1) is 13.4. The number of halogens is 1. The van der Waals surface area contributed by atoms with E-state index in [1.54, 1.807) is 31.4 Å². The minimum Gasteiger partial charge on any atom is -0.496 e. The zero-order valence-electron chi connectivity index (χ0n) is 16.2. The van der Waals surface area contributed by atoms with Crippen LogP contribution in [0.4, 0.5) is 5.69 Å². The van der Waals surface area contributed by atoms with Gasteiger partial charge in [0.25, 0.3) is 0 Å². The van der Waals surface area contributed by atoms with Gasteiger partial charge in [0.2, 0.25) is 6.79 Å². The van der Waals surface area contributed by atoms with Crippen molar-refractivity contribution in [2.24, 2.45) is 0 Å². The molecule has 0 amide bonds. The summed E-state index contributed by atoms with van der Waals surface area (Å²) >= 11 is 3.41. The Labute approximate surface area is 172 Å². The Hall–Kier alpha value is -2.67. The van der Waals surface area contributed by atoms with Crippen molar-refractivity contribution >= 4 is 33.5 Å². The van der Waals surface area contributed by atoms with Crippen molar-refractivity contribution in [3.63, 3.8) is 0 Å². The lowest BCUT2D eigenvalue weighted by molar-refractivity contribution is 0.104. The average molecular weight is 448 g/mol. The van der Waals surface area contributed by atoms with E-state index in [9.17, 15) is 4.79 Å². The quantitative estimate of drug-likeness (QED) is 0.459. The first kappa shape index (κ1) is 20.1. The molecule has 2 aromatic carbocycles. The second kappa shape index (κ2) is 8.56. The number of carbonyl (C=O) groups is 1. The molecule has 0 atom stereocenters. The fourth-order valence-electron chi connectivity index (χ4n) is 2.85. The van der Waals surface area contributed by atoms with Crippen molar-refractivity contribution in [1.29, 1.82) is 0 Å². The topological polar surface area (TPSA) is 57.2 Å². The number of hydrogen-bond donors (Lipinski definition) is 0. The first-order valence-electron chi connectivity index (χ1n) is 8.78. The third kappa shape index (κ3) is 4.09. The van der Waals surface area contributed by atoms with Crippen molar-refractivity contribution in [3.8, 4) is 23.0 Å². The number of fused-ring (bicyclic) bond motifs is 1. The van der Waals surface area contributed by atoms with Crippen molar-refractivity contribution in [2.45, 2.75) is 6.92 Å². The highest BCUT2D eigenvalue weighted by Gasteiger charge is 2.19. The van der Waals surface area contributed by atoms with Gasteiger partial charge in [0.05, 0.1) is 23.9 Å². The highest BCUT2D eigenvalue weighted by atomic mass is 79.9. The lowest BCUT2D eigenvalue weighted by atomic mass is 10.1. The second-order valence-electron chi connectivity index (χ2n) is 6.28. The molecule has 7 heteroatoms. The number of methoxy groups -OCH3 is 1. The van der Waals surface area contributed by atoms with Crippen LogP contribution in [0.3, 0.4) is 0 Å². The molecule has 6 nitrogen and oxygen atoms in total. The summed E-state index contributed by atoms with van der Waals surface area (Å²) in [6.45, 7) is 2.66. The number of rotatable bonds is 7. The summed E-state index contributed by atoms with van der Waals surface area (Å²) in [7, 11) is 5.39. The number of Topliss-reactive ketones (excluding diaryl/α,β-unsaturated/α-hetero) is 1. The van der Waals surface area contributed by atoms with E-state index in [2.05, 4.69) is 15.9 Å². The molecule has 0 aliphatic carbocycles. The molecule has 1 heterocycles. The van der Waals surface area contributed by atoms with Crippen LogP contribution in [0.2, 0.25) is 0 Å². The summed E-state index contributed by atoms with van der Waals surface area (Å²) in [6.07, 6.45) is 1.72. The Morgan fingerprint density at radius 2 is 1.89 bits per heavy atom. The van der Waals surface area contributed by atoms with Crippen LogP contribution in [0, 0.1) is 0 Å². The minimum absolute atomic E-state index is 0.147. The van der Waals surface area contributed by atoms with Crippen LogP contribution in [0.5, 0.6) is 23.0 Å². The van der Waals surface area contributed by atoms with E-state index < -0.39 is 0 Å². The number of carbonyl (C=O) groups excluding carboxylic acids is 1. The van der Waals surface area contributed by atoms with E-state index in [0.29, 0.717) is 39.5 Å².